The normalized spacial score (nSPS) is 15.1. The smallest absolute Gasteiger partial charge is 0.251 e. The summed E-state index contributed by atoms with van der Waals surface area (Å²) in [7, 11) is 0. The maximum Gasteiger partial charge on any atom is 0.251 e. The zero-order valence-corrected chi connectivity index (χ0v) is 14.7. The summed E-state index contributed by atoms with van der Waals surface area (Å²) in [6.45, 7) is 0.370. The van der Waals surface area contributed by atoms with Crippen LogP contribution in [-0.4, -0.2) is 21.3 Å². The van der Waals surface area contributed by atoms with Crippen LogP contribution in [0.25, 0.3) is 5.65 Å². The van der Waals surface area contributed by atoms with Gasteiger partial charge in [0.15, 0.2) is 0 Å². The average Bonchev–Trinajstić information content (AvgIpc) is 3.10. The predicted molar refractivity (Wildman–Crippen MR) is 100 cm³/mol. The number of amides is 1. The Morgan fingerprint density at radius 3 is 2.88 bits per heavy atom. The highest BCUT2D eigenvalue weighted by atomic mass is 16.5. The average molecular weight is 349 g/mol. The van der Waals surface area contributed by atoms with Crippen LogP contribution in [0.15, 0.2) is 54.9 Å². The van der Waals surface area contributed by atoms with E-state index in [1.54, 1.807) is 6.07 Å². The number of benzene rings is 1. The van der Waals surface area contributed by atoms with Crippen LogP contribution in [0.1, 0.15) is 48.2 Å². The van der Waals surface area contributed by atoms with E-state index >= 15 is 0 Å². The summed E-state index contributed by atoms with van der Waals surface area (Å²) in [6, 6.07) is 13.5. The van der Waals surface area contributed by atoms with E-state index in [0.29, 0.717) is 24.0 Å². The molecule has 0 bridgehead atoms. The molecule has 0 atom stereocenters. The van der Waals surface area contributed by atoms with E-state index in [1.807, 2.05) is 53.2 Å². The second-order valence-corrected chi connectivity index (χ2v) is 6.82. The third-order valence-electron chi connectivity index (χ3n) is 4.84. The van der Waals surface area contributed by atoms with Crippen LogP contribution in [-0.2, 0) is 6.61 Å². The van der Waals surface area contributed by atoms with Gasteiger partial charge in [0.1, 0.15) is 18.0 Å². The Morgan fingerprint density at radius 1 is 1.15 bits per heavy atom. The van der Waals surface area contributed by atoms with Crippen LogP contribution in [0.4, 0.5) is 0 Å². The Kier molecular flexibility index (Phi) is 4.86. The molecule has 26 heavy (non-hydrogen) atoms. The lowest BCUT2D eigenvalue weighted by atomic mass is 9.95. The van der Waals surface area contributed by atoms with E-state index in [4.69, 9.17) is 4.74 Å². The topological polar surface area (TPSA) is 55.6 Å². The van der Waals surface area contributed by atoms with Gasteiger partial charge in [-0.2, -0.15) is 0 Å². The van der Waals surface area contributed by atoms with E-state index in [2.05, 4.69) is 10.3 Å². The predicted octanol–water partition coefficient (Wildman–Crippen LogP) is 3.98. The minimum Gasteiger partial charge on any atom is -0.487 e. The molecule has 1 amide bonds. The lowest BCUT2D eigenvalue weighted by Crippen LogP contribution is -2.36. The van der Waals surface area contributed by atoms with Crippen LogP contribution >= 0.6 is 0 Å². The molecule has 2 aromatic heterocycles. The van der Waals surface area contributed by atoms with Crippen molar-refractivity contribution in [3.8, 4) is 5.75 Å². The van der Waals surface area contributed by atoms with Crippen molar-refractivity contribution < 1.29 is 9.53 Å². The van der Waals surface area contributed by atoms with Gasteiger partial charge in [-0.05, 0) is 43.2 Å². The first-order valence-corrected chi connectivity index (χ1v) is 9.24. The summed E-state index contributed by atoms with van der Waals surface area (Å²) in [5.74, 6) is 0.661. The maximum atomic E-state index is 12.5. The summed E-state index contributed by atoms with van der Waals surface area (Å²) in [4.78, 5) is 17.0. The lowest BCUT2D eigenvalue weighted by molar-refractivity contribution is 0.0927. The van der Waals surface area contributed by atoms with E-state index in [1.165, 1.54) is 19.3 Å². The van der Waals surface area contributed by atoms with Crippen molar-refractivity contribution in [3.05, 3.63) is 66.1 Å². The van der Waals surface area contributed by atoms with Crippen molar-refractivity contribution in [2.45, 2.75) is 44.8 Å². The highest BCUT2D eigenvalue weighted by Gasteiger charge is 2.17. The maximum absolute atomic E-state index is 12.5. The Balaban J connectivity index is 1.39. The number of ether oxygens (including phenoxy) is 1. The molecule has 0 aliphatic heterocycles. The van der Waals surface area contributed by atoms with E-state index in [0.717, 1.165) is 24.2 Å². The van der Waals surface area contributed by atoms with Gasteiger partial charge in [0.25, 0.3) is 5.91 Å². The Hall–Kier alpha value is -2.82. The third-order valence-corrected chi connectivity index (χ3v) is 4.84. The number of pyridine rings is 1. The first-order valence-electron chi connectivity index (χ1n) is 9.24. The van der Waals surface area contributed by atoms with Crippen molar-refractivity contribution in [2.75, 3.05) is 0 Å². The molecule has 5 nitrogen and oxygen atoms in total. The Labute approximate surface area is 153 Å². The molecule has 3 aromatic rings. The summed E-state index contributed by atoms with van der Waals surface area (Å²) in [5.41, 5.74) is 2.39. The molecule has 1 aromatic carbocycles. The minimum atomic E-state index is -0.0184. The zero-order chi connectivity index (χ0) is 17.8. The quantitative estimate of drug-likeness (QED) is 0.758. The standard InChI is InChI=1S/C21H23N3O2/c25-21(23-17-8-2-1-3-9-17)16-7-6-10-19(13-16)26-15-18-14-24-12-5-4-11-20(24)22-18/h4-7,10-14,17H,1-3,8-9,15H2,(H,23,25). The first kappa shape index (κ1) is 16.6. The zero-order valence-electron chi connectivity index (χ0n) is 14.7. The van der Waals surface area contributed by atoms with Gasteiger partial charge in [-0.15, -0.1) is 0 Å². The molecule has 0 unspecified atom stereocenters. The fraction of sp³-hybridized carbons (Fsp3) is 0.333. The summed E-state index contributed by atoms with van der Waals surface area (Å²) in [6.07, 6.45) is 9.75. The molecule has 0 radical (unpaired) electrons. The van der Waals surface area contributed by atoms with Gasteiger partial charge in [0, 0.05) is 24.0 Å². The Morgan fingerprint density at radius 2 is 2.04 bits per heavy atom. The highest BCUT2D eigenvalue weighted by Crippen LogP contribution is 2.19. The van der Waals surface area contributed by atoms with Crippen molar-refractivity contribution in [2.24, 2.45) is 0 Å². The van der Waals surface area contributed by atoms with Crippen LogP contribution < -0.4 is 10.1 Å². The molecule has 1 N–H and O–H groups in total. The van der Waals surface area contributed by atoms with Gasteiger partial charge in [-0.1, -0.05) is 31.4 Å². The highest BCUT2D eigenvalue weighted by molar-refractivity contribution is 5.94. The van der Waals surface area contributed by atoms with Crippen molar-refractivity contribution in [3.63, 3.8) is 0 Å². The van der Waals surface area contributed by atoms with Crippen LogP contribution in [0, 0.1) is 0 Å². The summed E-state index contributed by atoms with van der Waals surface area (Å²) < 4.78 is 7.81. The number of fused-ring (bicyclic) bond motifs is 1. The Bertz CT molecular complexity index is 864. The fourth-order valence-corrected chi connectivity index (χ4v) is 3.46. The molecule has 1 aliphatic carbocycles. The third kappa shape index (κ3) is 3.87. The monoisotopic (exact) mass is 349 g/mol. The van der Waals surface area contributed by atoms with E-state index < -0.39 is 0 Å². The number of imidazole rings is 1. The van der Waals surface area contributed by atoms with Gasteiger partial charge in [0.2, 0.25) is 0 Å². The SMILES string of the molecule is O=C(NC1CCCCC1)c1cccc(OCc2cn3ccccc3n2)c1. The molecule has 0 spiro atoms. The van der Waals surface area contributed by atoms with Gasteiger partial charge in [0.05, 0.1) is 5.69 Å². The number of rotatable bonds is 5. The second kappa shape index (κ2) is 7.60. The lowest BCUT2D eigenvalue weighted by Gasteiger charge is -2.22. The van der Waals surface area contributed by atoms with Crippen molar-refractivity contribution in [1.82, 2.24) is 14.7 Å². The number of hydrogen-bond donors (Lipinski definition) is 1. The molecular formula is C21H23N3O2. The van der Waals surface area contributed by atoms with Crippen LogP contribution in [0.3, 0.4) is 0 Å². The largest absolute Gasteiger partial charge is 0.487 e. The summed E-state index contributed by atoms with van der Waals surface area (Å²) in [5, 5.41) is 3.14. The number of aromatic nitrogens is 2. The van der Waals surface area contributed by atoms with Crippen molar-refractivity contribution in [1.29, 1.82) is 0 Å². The number of carbonyl (C=O) groups excluding carboxylic acids is 1. The van der Waals surface area contributed by atoms with E-state index in [9.17, 15) is 4.79 Å². The number of carbonyl (C=O) groups is 1. The molecule has 134 valence electrons. The minimum absolute atomic E-state index is 0.0184. The first-order chi connectivity index (χ1) is 12.8. The second-order valence-electron chi connectivity index (χ2n) is 6.82. The molecule has 1 fully saturated rings. The number of nitrogens with one attached hydrogen (secondary N) is 1. The van der Waals surface area contributed by atoms with Gasteiger partial charge < -0.3 is 14.5 Å². The molecule has 1 aliphatic rings. The van der Waals surface area contributed by atoms with Gasteiger partial charge in [-0.3, -0.25) is 4.79 Å². The molecule has 2 heterocycles. The number of nitrogens with zero attached hydrogens (tertiary/aromatic N) is 2. The molecular weight excluding hydrogens is 326 g/mol. The van der Waals surface area contributed by atoms with E-state index in [-0.39, 0.29) is 5.91 Å². The van der Waals surface area contributed by atoms with Crippen molar-refractivity contribution >= 4 is 11.6 Å². The fourth-order valence-electron chi connectivity index (χ4n) is 3.46. The van der Waals surface area contributed by atoms with Gasteiger partial charge in [-0.25, -0.2) is 4.98 Å². The number of hydrogen-bond acceptors (Lipinski definition) is 3. The molecule has 4 rings (SSSR count). The van der Waals surface area contributed by atoms with Crippen LogP contribution in [0.5, 0.6) is 5.75 Å². The molecule has 0 saturated heterocycles. The molecule has 1 saturated carbocycles. The molecule has 5 heteroatoms. The summed E-state index contributed by atoms with van der Waals surface area (Å²) >= 11 is 0. The van der Waals surface area contributed by atoms with Gasteiger partial charge >= 0.3 is 0 Å². The van der Waals surface area contributed by atoms with Crippen LogP contribution in [0.2, 0.25) is 0 Å².